The molecule has 0 saturated heterocycles. The summed E-state index contributed by atoms with van der Waals surface area (Å²) in [6.07, 6.45) is -1.20. The molecule has 0 bridgehead atoms. The van der Waals surface area contributed by atoms with Gasteiger partial charge in [0.1, 0.15) is 12.2 Å². The third-order valence-electron chi connectivity index (χ3n) is 6.59. The fraction of sp³-hybridized carbons (Fsp3) is 0.346. The van der Waals surface area contributed by atoms with Crippen molar-refractivity contribution in [3.8, 4) is 5.82 Å². The van der Waals surface area contributed by atoms with Gasteiger partial charge in [0.2, 0.25) is 0 Å². The number of benzene rings is 1. The number of rotatable bonds is 8. The van der Waals surface area contributed by atoms with Crippen molar-refractivity contribution in [2.75, 3.05) is 5.32 Å². The van der Waals surface area contributed by atoms with E-state index in [1.807, 2.05) is 19.9 Å². The van der Waals surface area contributed by atoms with Gasteiger partial charge in [0, 0.05) is 12.2 Å². The van der Waals surface area contributed by atoms with Crippen LogP contribution in [0.2, 0.25) is 5.02 Å². The largest absolute Gasteiger partial charge is 0.455 e. The Hall–Kier alpha value is -4.33. The quantitative estimate of drug-likeness (QED) is 0.313. The molecule has 1 aromatic carbocycles. The lowest BCUT2D eigenvalue weighted by atomic mass is 10.0. The molecular formula is C26H25ClF3N9O2. The Labute approximate surface area is 237 Å². The van der Waals surface area contributed by atoms with Crippen LogP contribution in [-0.4, -0.2) is 52.8 Å². The first-order valence-corrected chi connectivity index (χ1v) is 13.1. The van der Waals surface area contributed by atoms with E-state index in [9.17, 15) is 22.8 Å². The lowest BCUT2D eigenvalue weighted by Crippen LogP contribution is -2.35. The molecule has 11 nitrogen and oxygen atoms in total. The second-order valence-corrected chi connectivity index (χ2v) is 10.3. The summed E-state index contributed by atoms with van der Waals surface area (Å²) in [5.74, 6) is -1.81. The highest BCUT2D eigenvalue weighted by molar-refractivity contribution is 6.32. The molecule has 0 spiro atoms. The number of nitrogens with zero attached hydrogens (tertiary/aromatic N) is 7. The topological polar surface area (TPSA) is 133 Å². The number of pyridine rings is 1. The highest BCUT2D eigenvalue weighted by Crippen LogP contribution is 2.33. The first kappa shape index (κ1) is 28.2. The second-order valence-electron chi connectivity index (χ2n) is 9.94. The Kier molecular flexibility index (Phi) is 7.51. The molecule has 5 rings (SSSR count). The molecule has 2 N–H and O–H groups in total. The monoisotopic (exact) mass is 587 g/mol. The number of hydrogen-bond donors (Lipinski definition) is 2. The second kappa shape index (κ2) is 10.9. The molecule has 41 heavy (non-hydrogen) atoms. The van der Waals surface area contributed by atoms with Crippen molar-refractivity contribution >= 4 is 29.1 Å². The predicted molar refractivity (Wildman–Crippen MR) is 142 cm³/mol. The maximum absolute atomic E-state index is 13.7. The highest BCUT2D eigenvalue weighted by atomic mass is 35.5. The van der Waals surface area contributed by atoms with Crippen molar-refractivity contribution in [3.05, 3.63) is 75.5 Å². The van der Waals surface area contributed by atoms with Gasteiger partial charge in [-0.15, -0.1) is 10.2 Å². The van der Waals surface area contributed by atoms with Crippen LogP contribution in [-0.2, 0) is 12.7 Å². The van der Waals surface area contributed by atoms with Gasteiger partial charge in [-0.2, -0.15) is 23.1 Å². The Bertz CT molecular complexity index is 1630. The summed E-state index contributed by atoms with van der Waals surface area (Å²) in [7, 11) is 0. The van der Waals surface area contributed by atoms with Crippen LogP contribution in [0.15, 0.2) is 36.5 Å². The van der Waals surface area contributed by atoms with Crippen molar-refractivity contribution < 1.29 is 22.8 Å². The number of carbonyl (C=O) groups is 2. The molecule has 1 unspecified atom stereocenters. The van der Waals surface area contributed by atoms with Crippen molar-refractivity contribution in [3.63, 3.8) is 0 Å². The maximum Gasteiger partial charge on any atom is 0.455 e. The molecule has 1 aliphatic rings. The maximum atomic E-state index is 13.7. The van der Waals surface area contributed by atoms with Gasteiger partial charge in [0.25, 0.3) is 17.6 Å². The zero-order chi connectivity index (χ0) is 29.5. The molecule has 1 saturated carbocycles. The SMILES string of the molecule is Cc1cc(C)c(NC(=O)c2cc(Cn3nnc(C(F)(F)F)n3)nn2-c2ncccc2Cl)c(C(=O)NC(C)C2CC2)c1. The number of nitrogens with one attached hydrogen (secondary N) is 2. The van der Waals surface area contributed by atoms with Crippen LogP contribution in [0.3, 0.4) is 0 Å². The minimum atomic E-state index is -4.77. The predicted octanol–water partition coefficient (Wildman–Crippen LogP) is 4.37. The minimum Gasteiger partial charge on any atom is -0.349 e. The molecule has 3 heterocycles. The molecule has 2 amide bonds. The zero-order valence-electron chi connectivity index (χ0n) is 22.2. The number of carbonyl (C=O) groups excluding carboxylic acids is 2. The molecule has 4 aromatic rings. The van der Waals surface area contributed by atoms with Crippen molar-refractivity contribution in [2.24, 2.45) is 5.92 Å². The van der Waals surface area contributed by atoms with Crippen LogP contribution in [0.4, 0.5) is 18.9 Å². The van der Waals surface area contributed by atoms with Crippen molar-refractivity contribution in [2.45, 2.75) is 52.4 Å². The molecule has 3 aromatic heterocycles. The summed E-state index contributed by atoms with van der Waals surface area (Å²) in [6, 6.07) is 8.03. The van der Waals surface area contributed by atoms with Crippen LogP contribution in [0.5, 0.6) is 0 Å². The van der Waals surface area contributed by atoms with Crippen LogP contribution >= 0.6 is 11.6 Å². The zero-order valence-corrected chi connectivity index (χ0v) is 23.0. The van der Waals surface area contributed by atoms with E-state index in [0.717, 1.165) is 18.4 Å². The summed E-state index contributed by atoms with van der Waals surface area (Å²) in [6.45, 7) is 5.26. The molecule has 15 heteroatoms. The Balaban J connectivity index is 1.49. The van der Waals surface area contributed by atoms with E-state index in [0.29, 0.717) is 27.5 Å². The van der Waals surface area contributed by atoms with Gasteiger partial charge in [-0.1, -0.05) is 17.7 Å². The molecule has 0 aliphatic heterocycles. The first-order valence-electron chi connectivity index (χ1n) is 12.7. The number of halogens is 4. The number of anilines is 1. The van der Waals surface area contributed by atoms with E-state index in [-0.39, 0.29) is 40.7 Å². The fourth-order valence-electron chi connectivity index (χ4n) is 4.42. The van der Waals surface area contributed by atoms with Gasteiger partial charge in [0.15, 0.2) is 5.82 Å². The fourth-order valence-corrected chi connectivity index (χ4v) is 4.62. The van der Waals surface area contributed by atoms with E-state index in [2.05, 4.69) is 36.1 Å². The number of aromatic nitrogens is 7. The highest BCUT2D eigenvalue weighted by Gasteiger charge is 2.37. The van der Waals surface area contributed by atoms with Gasteiger partial charge in [0.05, 0.1) is 22.0 Å². The number of alkyl halides is 3. The number of hydrogen-bond acceptors (Lipinski definition) is 7. The normalized spacial score (nSPS) is 14.1. The smallest absolute Gasteiger partial charge is 0.349 e. The Morgan fingerprint density at radius 2 is 1.90 bits per heavy atom. The number of tetrazole rings is 1. The van der Waals surface area contributed by atoms with E-state index in [1.54, 1.807) is 25.1 Å². The van der Waals surface area contributed by atoms with Gasteiger partial charge >= 0.3 is 6.18 Å². The molecule has 214 valence electrons. The summed E-state index contributed by atoms with van der Waals surface area (Å²) in [5.41, 5.74) is 2.23. The number of amides is 2. The van der Waals surface area contributed by atoms with E-state index in [4.69, 9.17) is 11.6 Å². The van der Waals surface area contributed by atoms with Crippen LogP contribution in [0.1, 0.15) is 63.3 Å². The first-order chi connectivity index (χ1) is 19.4. The third-order valence-corrected chi connectivity index (χ3v) is 6.89. The lowest BCUT2D eigenvalue weighted by Gasteiger charge is -2.18. The summed E-state index contributed by atoms with van der Waals surface area (Å²) in [4.78, 5) is 31.9. The molecule has 1 atom stereocenters. The van der Waals surface area contributed by atoms with E-state index >= 15 is 0 Å². The average molecular weight is 588 g/mol. The average Bonchev–Trinajstić information content (AvgIpc) is 3.51. The third kappa shape index (κ3) is 6.21. The lowest BCUT2D eigenvalue weighted by molar-refractivity contribution is -0.145. The van der Waals surface area contributed by atoms with Crippen LogP contribution in [0.25, 0.3) is 5.82 Å². The summed E-state index contributed by atoms with van der Waals surface area (Å²) in [5, 5.41) is 20.2. The van der Waals surface area contributed by atoms with Gasteiger partial charge < -0.3 is 10.6 Å². The van der Waals surface area contributed by atoms with Crippen molar-refractivity contribution in [1.29, 1.82) is 0 Å². The molecular weight excluding hydrogens is 563 g/mol. The minimum absolute atomic E-state index is 0.00888. The van der Waals surface area contributed by atoms with Crippen LogP contribution < -0.4 is 10.6 Å². The van der Waals surface area contributed by atoms with Crippen molar-refractivity contribution in [1.82, 2.24) is 40.3 Å². The van der Waals surface area contributed by atoms with Gasteiger partial charge in [-0.05, 0) is 80.1 Å². The summed E-state index contributed by atoms with van der Waals surface area (Å²) >= 11 is 6.33. The molecule has 1 fully saturated rings. The molecule has 0 radical (unpaired) electrons. The number of aryl methyl sites for hydroxylation is 2. The van der Waals surface area contributed by atoms with E-state index < -0.39 is 17.9 Å². The van der Waals surface area contributed by atoms with Crippen LogP contribution in [0, 0.1) is 19.8 Å². The van der Waals surface area contributed by atoms with Gasteiger partial charge in [-0.25, -0.2) is 9.67 Å². The van der Waals surface area contributed by atoms with E-state index in [1.165, 1.54) is 16.9 Å². The molecule has 1 aliphatic carbocycles. The Morgan fingerprint density at radius 3 is 2.56 bits per heavy atom. The standard InChI is InChI=1S/C26H25ClF3N9O2/c1-13-9-14(2)21(18(10-13)23(40)32-15(3)16-6-7-16)33-24(41)20-11-17(12-38-36-25(34-37-38)26(28,29)30)35-39(20)22-19(27)5-4-8-31-22/h4-5,8-11,15-16H,6-7,12H2,1-3H3,(H,32,40)(H,33,41). The van der Waals surface area contributed by atoms with Gasteiger partial charge in [-0.3, -0.25) is 9.59 Å². The summed E-state index contributed by atoms with van der Waals surface area (Å²) < 4.78 is 40.0. The Morgan fingerprint density at radius 1 is 1.15 bits per heavy atom.